The minimum absolute atomic E-state index is 0.0383. The third kappa shape index (κ3) is 11.6. The molecule has 0 spiro atoms. The van der Waals surface area contributed by atoms with Gasteiger partial charge < -0.3 is 0 Å². The van der Waals surface area contributed by atoms with Gasteiger partial charge >= 0.3 is 0 Å². The lowest BCUT2D eigenvalue weighted by Gasteiger charge is -2.08. The normalized spacial score (nSPS) is 12.6. The van der Waals surface area contributed by atoms with Gasteiger partial charge in [0, 0.05) is 6.42 Å². The van der Waals surface area contributed by atoms with E-state index in [1.807, 2.05) is 13.0 Å². The number of rotatable bonds is 7. The number of alkyl halides is 2. The van der Waals surface area contributed by atoms with Crippen molar-refractivity contribution in [2.45, 2.75) is 58.3 Å². The fourth-order valence-electron chi connectivity index (χ4n) is 1.22. The molecule has 0 N–H and O–H groups in total. The Kier molecular flexibility index (Phi) is 6.83. The average molecular weight is 190 g/mol. The molecule has 0 bridgehead atoms. The van der Waals surface area contributed by atoms with Crippen molar-refractivity contribution >= 4 is 0 Å². The predicted octanol–water partition coefficient (Wildman–Crippen LogP) is 4.56. The minimum Gasteiger partial charge on any atom is -0.207 e. The molecule has 0 radical (unpaired) electrons. The topological polar surface area (TPSA) is 0 Å². The van der Waals surface area contributed by atoms with E-state index in [4.69, 9.17) is 0 Å². The van der Waals surface area contributed by atoms with Crippen molar-refractivity contribution < 1.29 is 8.78 Å². The van der Waals surface area contributed by atoms with Crippen LogP contribution >= 0.6 is 0 Å². The highest BCUT2D eigenvalue weighted by Gasteiger charge is 2.19. The van der Waals surface area contributed by atoms with Crippen LogP contribution in [0.3, 0.4) is 0 Å². The molecule has 0 heterocycles. The first kappa shape index (κ1) is 12.6. The summed E-state index contributed by atoms with van der Waals surface area (Å²) < 4.78 is 24.7. The summed E-state index contributed by atoms with van der Waals surface area (Å²) in [6.45, 7) is 2.99. The summed E-state index contributed by atoms with van der Waals surface area (Å²) in [5.74, 6) is -2.47. The molecule has 0 aliphatic heterocycles. The molecule has 0 fully saturated rings. The molecule has 0 unspecified atom stereocenters. The molecule has 0 aliphatic rings. The monoisotopic (exact) mass is 190 g/mol. The molecule has 0 nitrogen and oxygen atoms in total. The zero-order valence-electron chi connectivity index (χ0n) is 8.65. The first-order valence-electron chi connectivity index (χ1n) is 5.05. The minimum atomic E-state index is -2.47. The van der Waals surface area contributed by atoms with Crippen LogP contribution in [0.1, 0.15) is 52.4 Å². The highest BCUT2D eigenvalue weighted by atomic mass is 19.3. The van der Waals surface area contributed by atoms with Crippen LogP contribution in [0.15, 0.2) is 12.2 Å². The van der Waals surface area contributed by atoms with E-state index in [-0.39, 0.29) is 6.42 Å². The van der Waals surface area contributed by atoms with Crippen molar-refractivity contribution in [3.8, 4) is 0 Å². The highest BCUT2D eigenvalue weighted by Crippen LogP contribution is 2.20. The summed E-state index contributed by atoms with van der Waals surface area (Å²) in [7, 11) is 0. The predicted molar refractivity (Wildman–Crippen MR) is 53.1 cm³/mol. The molecule has 0 rings (SSSR count). The van der Waals surface area contributed by atoms with E-state index >= 15 is 0 Å². The quantitative estimate of drug-likeness (QED) is 0.408. The molecule has 0 aromatic carbocycles. The highest BCUT2D eigenvalue weighted by molar-refractivity contribution is 4.76. The molecule has 0 atom stereocenters. The van der Waals surface area contributed by atoms with Gasteiger partial charge in [0.15, 0.2) is 0 Å². The van der Waals surface area contributed by atoms with E-state index in [2.05, 4.69) is 6.08 Å². The average Bonchev–Trinajstić information content (AvgIpc) is 2.01. The molecule has 0 aliphatic carbocycles. The second-order valence-corrected chi connectivity index (χ2v) is 3.59. The largest absolute Gasteiger partial charge is 0.245 e. The van der Waals surface area contributed by atoms with Crippen molar-refractivity contribution in [2.24, 2.45) is 0 Å². The molecular formula is C11H20F2. The summed E-state index contributed by atoms with van der Waals surface area (Å²) in [5.41, 5.74) is 0. The van der Waals surface area contributed by atoms with Crippen LogP contribution in [0, 0.1) is 0 Å². The van der Waals surface area contributed by atoms with Gasteiger partial charge in [-0.05, 0) is 33.1 Å². The standard InChI is InChI=1S/C11H20F2/c1-3-4-5-6-7-8-9-10-11(2,12)13/h3-4H,5-10H2,1-2H3. The number of hydrogen-bond acceptors (Lipinski definition) is 0. The van der Waals surface area contributed by atoms with Crippen LogP contribution in [0.25, 0.3) is 0 Å². The lowest BCUT2D eigenvalue weighted by atomic mass is 10.1. The Morgan fingerprint density at radius 3 is 2.23 bits per heavy atom. The van der Waals surface area contributed by atoms with Crippen LogP contribution in [0.4, 0.5) is 8.78 Å². The molecule has 2 heteroatoms. The van der Waals surface area contributed by atoms with E-state index in [0.29, 0.717) is 6.42 Å². The van der Waals surface area contributed by atoms with Crippen LogP contribution in [-0.2, 0) is 0 Å². The Balaban J connectivity index is 3.09. The summed E-state index contributed by atoms with van der Waals surface area (Å²) in [4.78, 5) is 0. The van der Waals surface area contributed by atoms with Gasteiger partial charge in [0.25, 0.3) is 0 Å². The van der Waals surface area contributed by atoms with Gasteiger partial charge in [0.2, 0.25) is 5.92 Å². The van der Waals surface area contributed by atoms with Gasteiger partial charge in [-0.2, -0.15) is 0 Å². The van der Waals surface area contributed by atoms with E-state index in [1.165, 1.54) is 0 Å². The van der Waals surface area contributed by atoms with Crippen LogP contribution < -0.4 is 0 Å². The molecule has 13 heavy (non-hydrogen) atoms. The van der Waals surface area contributed by atoms with Crippen LogP contribution in [0.2, 0.25) is 0 Å². The summed E-state index contributed by atoms with van der Waals surface area (Å²) in [5, 5.41) is 0. The second kappa shape index (κ2) is 7.05. The maximum atomic E-state index is 12.3. The smallest absolute Gasteiger partial charge is 0.207 e. The Morgan fingerprint density at radius 2 is 1.69 bits per heavy atom. The maximum absolute atomic E-state index is 12.3. The van der Waals surface area contributed by atoms with Crippen molar-refractivity contribution in [1.82, 2.24) is 0 Å². The fourth-order valence-corrected chi connectivity index (χ4v) is 1.22. The van der Waals surface area contributed by atoms with Crippen molar-refractivity contribution in [2.75, 3.05) is 0 Å². The molecule has 0 aromatic rings. The van der Waals surface area contributed by atoms with Gasteiger partial charge in [0.05, 0.1) is 0 Å². The van der Waals surface area contributed by atoms with Crippen LogP contribution in [-0.4, -0.2) is 5.92 Å². The first-order valence-corrected chi connectivity index (χ1v) is 5.05. The Bertz CT molecular complexity index is 134. The molecule has 78 valence electrons. The first-order chi connectivity index (χ1) is 6.06. The Morgan fingerprint density at radius 1 is 1.08 bits per heavy atom. The van der Waals surface area contributed by atoms with Gasteiger partial charge in [-0.25, -0.2) is 8.78 Å². The number of unbranched alkanes of at least 4 members (excludes halogenated alkanes) is 4. The summed E-state index contributed by atoms with van der Waals surface area (Å²) in [6.07, 6.45) is 9.05. The number of hydrogen-bond donors (Lipinski definition) is 0. The summed E-state index contributed by atoms with van der Waals surface area (Å²) in [6, 6.07) is 0. The lowest BCUT2D eigenvalue weighted by molar-refractivity contribution is 0.0104. The van der Waals surface area contributed by atoms with Crippen molar-refractivity contribution in [3.05, 3.63) is 12.2 Å². The summed E-state index contributed by atoms with van der Waals surface area (Å²) >= 11 is 0. The van der Waals surface area contributed by atoms with E-state index in [0.717, 1.165) is 32.6 Å². The van der Waals surface area contributed by atoms with E-state index in [9.17, 15) is 8.78 Å². The molecule has 0 saturated heterocycles. The van der Waals surface area contributed by atoms with E-state index < -0.39 is 5.92 Å². The second-order valence-electron chi connectivity index (χ2n) is 3.59. The van der Waals surface area contributed by atoms with Crippen molar-refractivity contribution in [1.29, 1.82) is 0 Å². The zero-order chi connectivity index (χ0) is 10.2. The Hall–Kier alpha value is -0.400. The number of allylic oxidation sites excluding steroid dienone is 2. The zero-order valence-corrected chi connectivity index (χ0v) is 8.65. The van der Waals surface area contributed by atoms with Gasteiger partial charge in [-0.1, -0.05) is 25.0 Å². The molecular weight excluding hydrogens is 170 g/mol. The van der Waals surface area contributed by atoms with Gasteiger partial charge in [-0.3, -0.25) is 0 Å². The van der Waals surface area contributed by atoms with E-state index in [1.54, 1.807) is 0 Å². The van der Waals surface area contributed by atoms with Gasteiger partial charge in [0.1, 0.15) is 0 Å². The molecule has 0 aromatic heterocycles. The fraction of sp³-hybridized carbons (Fsp3) is 0.818. The third-order valence-corrected chi connectivity index (χ3v) is 1.97. The number of halogens is 2. The lowest BCUT2D eigenvalue weighted by Crippen LogP contribution is -2.08. The van der Waals surface area contributed by atoms with Crippen molar-refractivity contribution in [3.63, 3.8) is 0 Å². The van der Waals surface area contributed by atoms with Crippen LogP contribution in [0.5, 0.6) is 0 Å². The third-order valence-electron chi connectivity index (χ3n) is 1.97. The molecule has 0 saturated carbocycles. The SMILES string of the molecule is CC=CCCCCCCC(C)(F)F. The molecule has 0 amide bonds. The van der Waals surface area contributed by atoms with Gasteiger partial charge in [-0.15, -0.1) is 0 Å². The maximum Gasteiger partial charge on any atom is 0.245 e. The Labute approximate surface area is 80.0 Å².